The summed E-state index contributed by atoms with van der Waals surface area (Å²) >= 11 is 6.80. The first-order valence-electron chi connectivity index (χ1n) is 5.48. The van der Waals surface area contributed by atoms with Crippen molar-refractivity contribution in [2.45, 2.75) is 26.4 Å². The minimum absolute atomic E-state index is 0.383. The summed E-state index contributed by atoms with van der Waals surface area (Å²) in [6.45, 7) is 5.54. The summed E-state index contributed by atoms with van der Waals surface area (Å²) in [6, 6.07) is 7.63. The maximum Gasteiger partial charge on any atom is 0.419 e. The number of fused-ring (bicyclic) bond motifs is 1. The minimum atomic E-state index is -0.511. The van der Waals surface area contributed by atoms with Gasteiger partial charge in [0.25, 0.3) is 0 Å². The molecule has 0 spiro atoms. The number of ether oxygens (including phenoxy) is 1. The van der Waals surface area contributed by atoms with E-state index in [9.17, 15) is 4.79 Å². The Balaban J connectivity index is 2.51. The van der Waals surface area contributed by atoms with E-state index in [2.05, 4.69) is 31.9 Å². The van der Waals surface area contributed by atoms with Gasteiger partial charge >= 0.3 is 6.09 Å². The van der Waals surface area contributed by atoms with Gasteiger partial charge in [-0.15, -0.1) is 0 Å². The molecule has 96 valence electrons. The van der Waals surface area contributed by atoms with Gasteiger partial charge in [0.2, 0.25) is 0 Å². The highest BCUT2D eigenvalue weighted by atomic mass is 79.9. The molecule has 1 aromatic carbocycles. The normalized spacial score (nSPS) is 11.8. The molecule has 0 atom stereocenters. The lowest BCUT2D eigenvalue weighted by atomic mass is 10.2. The number of carbonyl (C=O) groups excluding carboxylic acids is 1. The third-order valence-corrected chi connectivity index (χ3v) is 3.37. The highest BCUT2D eigenvalue weighted by Gasteiger charge is 2.21. The van der Waals surface area contributed by atoms with Crippen LogP contribution in [0.15, 0.2) is 33.3 Å². The fourth-order valence-electron chi connectivity index (χ4n) is 1.65. The summed E-state index contributed by atoms with van der Waals surface area (Å²) in [6.07, 6.45) is -0.383. The molecule has 0 aliphatic carbocycles. The topological polar surface area (TPSA) is 31.2 Å². The second-order valence-electron chi connectivity index (χ2n) is 4.99. The molecule has 2 rings (SSSR count). The lowest BCUT2D eigenvalue weighted by Crippen LogP contribution is -2.27. The fraction of sp³-hybridized carbons (Fsp3) is 0.308. The van der Waals surface area contributed by atoms with E-state index in [0.29, 0.717) is 4.60 Å². The molecule has 0 saturated carbocycles. The molecule has 0 amide bonds. The van der Waals surface area contributed by atoms with Gasteiger partial charge in [-0.1, -0.05) is 15.9 Å². The van der Waals surface area contributed by atoms with E-state index in [1.807, 2.05) is 45.0 Å². The average molecular weight is 375 g/mol. The summed E-state index contributed by atoms with van der Waals surface area (Å²) in [4.78, 5) is 12.1. The van der Waals surface area contributed by atoms with Crippen LogP contribution in [0.3, 0.4) is 0 Å². The lowest BCUT2D eigenvalue weighted by molar-refractivity contribution is 0.0541. The van der Waals surface area contributed by atoms with E-state index in [1.54, 1.807) is 0 Å². The number of hydrogen-bond acceptors (Lipinski definition) is 2. The number of rotatable bonds is 0. The Labute approximate surface area is 122 Å². The van der Waals surface area contributed by atoms with E-state index in [1.165, 1.54) is 4.57 Å². The van der Waals surface area contributed by atoms with Crippen molar-refractivity contribution >= 4 is 48.9 Å². The smallest absolute Gasteiger partial charge is 0.419 e. The first-order chi connectivity index (χ1) is 8.28. The summed E-state index contributed by atoms with van der Waals surface area (Å²) in [5.74, 6) is 0. The number of carbonyl (C=O) groups is 1. The quantitative estimate of drug-likeness (QED) is 0.653. The molecule has 0 unspecified atom stereocenters. The first-order valence-corrected chi connectivity index (χ1v) is 7.06. The van der Waals surface area contributed by atoms with Crippen molar-refractivity contribution in [1.29, 1.82) is 0 Å². The summed E-state index contributed by atoms with van der Waals surface area (Å²) in [5, 5.41) is 0.974. The Morgan fingerprint density at radius 1 is 1.22 bits per heavy atom. The monoisotopic (exact) mass is 373 g/mol. The van der Waals surface area contributed by atoms with Gasteiger partial charge in [-0.2, -0.15) is 0 Å². The van der Waals surface area contributed by atoms with Crippen LogP contribution in [0, 0.1) is 0 Å². The van der Waals surface area contributed by atoms with Gasteiger partial charge in [-0.3, -0.25) is 0 Å². The third kappa shape index (κ3) is 2.78. The Morgan fingerprint density at radius 3 is 2.50 bits per heavy atom. The minimum Gasteiger partial charge on any atom is -0.443 e. The molecule has 0 saturated heterocycles. The van der Waals surface area contributed by atoms with Crippen LogP contribution in [-0.2, 0) is 4.74 Å². The molecule has 0 fully saturated rings. The molecule has 0 radical (unpaired) electrons. The van der Waals surface area contributed by atoms with Crippen LogP contribution < -0.4 is 0 Å². The van der Waals surface area contributed by atoms with Crippen LogP contribution in [0.1, 0.15) is 20.8 Å². The zero-order valence-electron chi connectivity index (χ0n) is 10.3. The van der Waals surface area contributed by atoms with E-state index in [4.69, 9.17) is 4.74 Å². The Kier molecular flexibility index (Phi) is 3.56. The predicted molar refractivity (Wildman–Crippen MR) is 79.0 cm³/mol. The zero-order chi connectivity index (χ0) is 13.5. The van der Waals surface area contributed by atoms with E-state index in [-0.39, 0.29) is 6.09 Å². The molecule has 0 bridgehead atoms. The number of nitrogens with zero attached hydrogens (tertiary/aromatic N) is 1. The van der Waals surface area contributed by atoms with E-state index in [0.717, 1.165) is 15.4 Å². The van der Waals surface area contributed by atoms with Crippen molar-refractivity contribution in [2.75, 3.05) is 0 Å². The van der Waals surface area contributed by atoms with Crippen LogP contribution in [0.4, 0.5) is 4.79 Å². The van der Waals surface area contributed by atoms with Crippen molar-refractivity contribution in [2.24, 2.45) is 0 Å². The second kappa shape index (κ2) is 4.70. The van der Waals surface area contributed by atoms with Crippen LogP contribution in [0.2, 0.25) is 0 Å². The van der Waals surface area contributed by atoms with Crippen LogP contribution in [0.25, 0.3) is 10.9 Å². The Bertz CT molecular complexity index is 611. The van der Waals surface area contributed by atoms with Crippen molar-refractivity contribution in [3.63, 3.8) is 0 Å². The van der Waals surface area contributed by atoms with Crippen LogP contribution in [0.5, 0.6) is 0 Å². The molecular weight excluding hydrogens is 362 g/mol. The molecule has 1 aromatic heterocycles. The largest absolute Gasteiger partial charge is 0.443 e. The highest BCUT2D eigenvalue weighted by Crippen LogP contribution is 2.27. The summed E-state index contributed by atoms with van der Waals surface area (Å²) in [5.41, 5.74) is 0.307. The zero-order valence-corrected chi connectivity index (χ0v) is 13.5. The molecule has 18 heavy (non-hydrogen) atoms. The number of halogens is 2. The first kappa shape index (κ1) is 13.6. The molecule has 1 heterocycles. The molecule has 0 N–H and O–H groups in total. The summed E-state index contributed by atoms with van der Waals surface area (Å²) in [7, 11) is 0. The molecule has 3 nitrogen and oxygen atoms in total. The van der Waals surface area contributed by atoms with Crippen molar-refractivity contribution in [3.8, 4) is 0 Å². The maximum absolute atomic E-state index is 12.1. The molecule has 5 heteroatoms. The fourth-order valence-corrected chi connectivity index (χ4v) is 2.61. The standard InChI is InChI=1S/C13H13Br2NO2/c1-13(2,3)18-12(17)16-10-5-4-9(14)6-8(10)7-11(16)15/h4-7H,1-3H3. The Hall–Kier alpha value is -0.810. The van der Waals surface area contributed by atoms with Crippen molar-refractivity contribution in [1.82, 2.24) is 4.57 Å². The number of hydrogen-bond donors (Lipinski definition) is 0. The van der Waals surface area contributed by atoms with Gasteiger partial charge < -0.3 is 4.74 Å². The van der Waals surface area contributed by atoms with Gasteiger partial charge in [-0.05, 0) is 61.0 Å². The van der Waals surface area contributed by atoms with E-state index >= 15 is 0 Å². The number of benzene rings is 1. The van der Waals surface area contributed by atoms with Gasteiger partial charge in [0, 0.05) is 9.86 Å². The van der Waals surface area contributed by atoms with Crippen molar-refractivity contribution in [3.05, 3.63) is 33.3 Å². The van der Waals surface area contributed by atoms with Gasteiger partial charge in [0.05, 0.1) is 10.1 Å². The second-order valence-corrected chi connectivity index (χ2v) is 6.71. The molecule has 2 aromatic rings. The van der Waals surface area contributed by atoms with Crippen LogP contribution in [-0.4, -0.2) is 16.3 Å². The maximum atomic E-state index is 12.1. The predicted octanol–water partition coefficient (Wildman–Crippen LogP) is 4.95. The van der Waals surface area contributed by atoms with Gasteiger partial charge in [0.1, 0.15) is 5.60 Å². The highest BCUT2D eigenvalue weighted by molar-refractivity contribution is 9.10. The molecular formula is C13H13Br2NO2. The van der Waals surface area contributed by atoms with E-state index < -0.39 is 5.60 Å². The van der Waals surface area contributed by atoms with Crippen LogP contribution >= 0.6 is 31.9 Å². The SMILES string of the molecule is CC(C)(C)OC(=O)n1c(Br)cc2cc(Br)ccc21. The number of aromatic nitrogens is 1. The lowest BCUT2D eigenvalue weighted by Gasteiger charge is -2.20. The summed E-state index contributed by atoms with van der Waals surface area (Å²) < 4.78 is 8.57. The van der Waals surface area contributed by atoms with Gasteiger partial charge in [-0.25, -0.2) is 9.36 Å². The average Bonchev–Trinajstić information content (AvgIpc) is 2.50. The molecule has 0 aliphatic rings. The third-order valence-electron chi connectivity index (χ3n) is 2.29. The van der Waals surface area contributed by atoms with Crippen molar-refractivity contribution < 1.29 is 9.53 Å². The molecule has 0 aliphatic heterocycles. The van der Waals surface area contributed by atoms with Gasteiger partial charge in [0.15, 0.2) is 0 Å². The Morgan fingerprint density at radius 2 is 1.89 bits per heavy atom.